The normalized spacial score (nSPS) is 12.1. The molecule has 3 heterocycles. The number of H-pyrrole nitrogens is 2. The second-order valence-corrected chi connectivity index (χ2v) is 5.61. The highest BCUT2D eigenvalue weighted by atomic mass is 35.5. The van der Waals surface area contributed by atoms with Crippen LogP contribution in [0.2, 0.25) is 5.02 Å². The third kappa shape index (κ3) is 2.63. The van der Waals surface area contributed by atoms with E-state index < -0.39 is 0 Å². The average Bonchev–Trinajstić information content (AvgIpc) is 3.00. The zero-order valence-electron chi connectivity index (χ0n) is 12.3. The lowest BCUT2D eigenvalue weighted by Gasteiger charge is -1.98. The smallest absolute Gasteiger partial charge is 0.170 e. The summed E-state index contributed by atoms with van der Waals surface area (Å²) < 4.78 is 0. The van der Waals surface area contributed by atoms with Crippen molar-refractivity contribution in [1.82, 2.24) is 25.1 Å². The Morgan fingerprint density at radius 3 is 2.88 bits per heavy atom. The number of benzene rings is 1. The molecule has 1 aromatic carbocycles. The van der Waals surface area contributed by atoms with Crippen molar-refractivity contribution in [2.75, 3.05) is 0 Å². The Hall–Kier alpha value is -3.13. The molecule has 0 fully saturated rings. The number of nitrogens with zero attached hydrogens (tertiary/aromatic N) is 5. The maximum atomic E-state index is 6.70. The van der Waals surface area contributed by atoms with Gasteiger partial charge in [0.05, 0.1) is 22.9 Å². The molecule has 9 heteroatoms. The third-order valence-corrected chi connectivity index (χ3v) is 3.82. The van der Waals surface area contributed by atoms with Crippen molar-refractivity contribution in [2.45, 2.75) is 6.42 Å². The van der Waals surface area contributed by atoms with E-state index in [2.05, 4.69) is 35.5 Å². The van der Waals surface area contributed by atoms with Crippen LogP contribution in [0.25, 0.3) is 21.9 Å². The molecule has 0 spiro atoms. The van der Waals surface area contributed by atoms with Crippen molar-refractivity contribution in [1.29, 1.82) is 5.53 Å². The standard InChI is InChI=1S/C15H11ClN8/c16-8-1-3-11-10(5-8)15-12(7-18-11)19-14(20-15)6-9-2-4-13(22-21-9)23-24-17/h1-5,7H,6H2,(H,19,20)(H2,17,22,23). The first-order chi connectivity index (χ1) is 11.7. The van der Waals surface area contributed by atoms with Gasteiger partial charge in [-0.3, -0.25) is 10.1 Å². The summed E-state index contributed by atoms with van der Waals surface area (Å²) in [4.78, 5) is 12.3. The molecule has 0 aliphatic carbocycles. The molecule has 0 aliphatic rings. The molecular weight excluding hydrogens is 328 g/mol. The Kier molecular flexibility index (Phi) is 3.51. The fourth-order valence-electron chi connectivity index (χ4n) is 2.53. The molecule has 3 aromatic heterocycles. The molecule has 4 rings (SSSR count). The van der Waals surface area contributed by atoms with Gasteiger partial charge in [-0.25, -0.2) is 4.98 Å². The Morgan fingerprint density at radius 1 is 1.17 bits per heavy atom. The summed E-state index contributed by atoms with van der Waals surface area (Å²) in [7, 11) is 0. The van der Waals surface area contributed by atoms with Gasteiger partial charge in [-0.05, 0) is 30.3 Å². The molecule has 0 aliphatic heterocycles. The summed E-state index contributed by atoms with van der Waals surface area (Å²) >= 11 is 6.09. The number of nitrogens with one attached hydrogen (secondary N) is 3. The number of aromatic nitrogens is 5. The third-order valence-electron chi connectivity index (χ3n) is 3.59. The van der Waals surface area contributed by atoms with Gasteiger partial charge in [0.2, 0.25) is 0 Å². The summed E-state index contributed by atoms with van der Waals surface area (Å²) in [5, 5.41) is 15.0. The van der Waals surface area contributed by atoms with E-state index in [0.717, 1.165) is 33.5 Å². The first-order valence-corrected chi connectivity index (χ1v) is 7.48. The molecule has 0 saturated carbocycles. The van der Waals surface area contributed by atoms with Gasteiger partial charge in [0, 0.05) is 16.8 Å². The molecular formula is C15H11ClN8. The quantitative estimate of drug-likeness (QED) is 0.393. The molecule has 0 unspecified atom stereocenters. The molecule has 0 amide bonds. The Balaban J connectivity index is 1.74. The highest BCUT2D eigenvalue weighted by Crippen LogP contribution is 2.25. The van der Waals surface area contributed by atoms with Crippen LogP contribution in [-0.2, 0) is 6.42 Å². The first-order valence-electron chi connectivity index (χ1n) is 7.11. The summed E-state index contributed by atoms with van der Waals surface area (Å²) in [6, 6.07) is 9.09. The van der Waals surface area contributed by atoms with Crippen LogP contribution in [-0.4, -0.2) is 25.1 Å². The van der Waals surface area contributed by atoms with Crippen molar-refractivity contribution in [2.24, 2.45) is 10.3 Å². The highest BCUT2D eigenvalue weighted by molar-refractivity contribution is 6.31. The number of aromatic amines is 2. The Bertz CT molecular complexity index is 1110. The largest absolute Gasteiger partial charge is 0.341 e. The van der Waals surface area contributed by atoms with E-state index in [1.165, 1.54) is 0 Å². The van der Waals surface area contributed by atoms with Crippen LogP contribution in [0.1, 0.15) is 11.5 Å². The number of hydrogen-bond donors (Lipinski definition) is 3. The van der Waals surface area contributed by atoms with Crippen LogP contribution in [0.3, 0.4) is 0 Å². The fraction of sp³-hybridized carbons (Fsp3) is 0.0667. The lowest BCUT2D eigenvalue weighted by molar-refractivity contribution is 0.835. The number of hydrogen-bond acceptors (Lipinski definition) is 5. The summed E-state index contributed by atoms with van der Waals surface area (Å²) in [6.07, 6.45) is 2.26. The molecule has 4 aromatic rings. The van der Waals surface area contributed by atoms with Crippen LogP contribution in [0.5, 0.6) is 0 Å². The SMILES string of the molecule is N=N/N=c1/ccc(Cc2nc3cnc4ccc(Cl)cc4c3[nH]2)n[nH]1. The monoisotopic (exact) mass is 338 g/mol. The van der Waals surface area contributed by atoms with E-state index in [-0.39, 0.29) is 0 Å². The average molecular weight is 339 g/mol. The summed E-state index contributed by atoms with van der Waals surface area (Å²) in [6.45, 7) is 0. The minimum Gasteiger partial charge on any atom is -0.341 e. The van der Waals surface area contributed by atoms with Gasteiger partial charge in [-0.2, -0.15) is 10.6 Å². The molecule has 0 bridgehead atoms. The van der Waals surface area contributed by atoms with Gasteiger partial charge >= 0.3 is 0 Å². The minimum atomic E-state index is 0.420. The van der Waals surface area contributed by atoms with Crippen molar-refractivity contribution >= 4 is 33.5 Å². The van der Waals surface area contributed by atoms with Crippen molar-refractivity contribution in [3.8, 4) is 0 Å². The number of halogens is 1. The van der Waals surface area contributed by atoms with Crippen LogP contribution in [0.4, 0.5) is 0 Å². The second kappa shape index (κ2) is 5.82. The zero-order valence-corrected chi connectivity index (χ0v) is 13.0. The van der Waals surface area contributed by atoms with E-state index in [9.17, 15) is 0 Å². The lowest BCUT2D eigenvalue weighted by atomic mass is 10.2. The second-order valence-electron chi connectivity index (χ2n) is 5.17. The molecule has 0 atom stereocenters. The van der Waals surface area contributed by atoms with Crippen LogP contribution in [0, 0.1) is 5.53 Å². The van der Waals surface area contributed by atoms with Gasteiger partial charge < -0.3 is 4.98 Å². The maximum Gasteiger partial charge on any atom is 0.170 e. The van der Waals surface area contributed by atoms with Crippen molar-refractivity contribution in [3.05, 3.63) is 58.6 Å². The molecule has 0 radical (unpaired) electrons. The molecule has 24 heavy (non-hydrogen) atoms. The predicted octanol–water partition coefficient (Wildman–Crippen LogP) is 2.93. The topological polar surface area (TPSA) is 119 Å². The fourth-order valence-corrected chi connectivity index (χ4v) is 2.70. The van der Waals surface area contributed by atoms with Gasteiger partial charge in [0.25, 0.3) is 0 Å². The molecule has 3 N–H and O–H groups in total. The zero-order chi connectivity index (χ0) is 16.5. The van der Waals surface area contributed by atoms with Crippen LogP contribution in [0.15, 0.2) is 46.9 Å². The summed E-state index contributed by atoms with van der Waals surface area (Å²) in [5.41, 5.74) is 10.4. The van der Waals surface area contributed by atoms with E-state index >= 15 is 0 Å². The maximum absolute atomic E-state index is 6.70. The van der Waals surface area contributed by atoms with Crippen LogP contribution < -0.4 is 5.49 Å². The summed E-state index contributed by atoms with van der Waals surface area (Å²) in [5.74, 6) is 0.773. The van der Waals surface area contributed by atoms with E-state index in [4.69, 9.17) is 17.1 Å². The van der Waals surface area contributed by atoms with Crippen molar-refractivity contribution in [3.63, 3.8) is 0 Å². The van der Waals surface area contributed by atoms with E-state index in [1.54, 1.807) is 18.3 Å². The van der Waals surface area contributed by atoms with Gasteiger partial charge in [0.1, 0.15) is 11.3 Å². The number of fused-ring (bicyclic) bond motifs is 3. The van der Waals surface area contributed by atoms with Gasteiger partial charge in [-0.15, -0.1) is 5.10 Å². The molecule has 0 saturated heterocycles. The van der Waals surface area contributed by atoms with E-state index in [1.807, 2.05) is 18.2 Å². The molecule has 8 nitrogen and oxygen atoms in total. The van der Waals surface area contributed by atoms with Gasteiger partial charge in [-0.1, -0.05) is 16.8 Å². The van der Waals surface area contributed by atoms with E-state index in [0.29, 0.717) is 16.9 Å². The lowest BCUT2D eigenvalue weighted by Crippen LogP contribution is -2.10. The van der Waals surface area contributed by atoms with Crippen molar-refractivity contribution < 1.29 is 0 Å². The highest BCUT2D eigenvalue weighted by Gasteiger charge is 2.09. The number of rotatable bonds is 3. The van der Waals surface area contributed by atoms with Gasteiger partial charge in [0.15, 0.2) is 5.49 Å². The number of imidazole rings is 1. The number of pyridine rings is 1. The van der Waals surface area contributed by atoms with Crippen LogP contribution >= 0.6 is 11.6 Å². The predicted molar refractivity (Wildman–Crippen MR) is 88.5 cm³/mol. The molecule has 118 valence electrons. The minimum absolute atomic E-state index is 0.420. The Morgan fingerprint density at radius 2 is 2.08 bits per heavy atom. The Labute approximate surface area is 140 Å². The first kappa shape index (κ1) is 14.5.